The molecular weight excluding hydrogens is 316 g/mol. The fraction of sp³-hybridized carbons (Fsp3) is 0.105. The number of aryl methyl sites for hydroxylation is 1. The molecule has 0 saturated carbocycles. The van der Waals surface area contributed by atoms with Crippen molar-refractivity contribution in [3.05, 3.63) is 83.3 Å². The molecular formula is C19H18N4O2. The Hall–Kier alpha value is -3.41. The topological polar surface area (TPSA) is 71.7 Å². The fourth-order valence-electron chi connectivity index (χ4n) is 2.33. The molecule has 2 aromatic carbocycles. The lowest BCUT2D eigenvalue weighted by atomic mass is 10.3. The van der Waals surface area contributed by atoms with Crippen molar-refractivity contribution < 1.29 is 4.74 Å². The van der Waals surface area contributed by atoms with Gasteiger partial charge in [-0.2, -0.15) is 0 Å². The quantitative estimate of drug-likeness (QED) is 0.534. The number of H-pyrrole nitrogens is 1. The number of nitrogens with zero attached hydrogens (tertiary/aromatic N) is 3. The van der Waals surface area contributed by atoms with Gasteiger partial charge in [0.1, 0.15) is 18.0 Å². The van der Waals surface area contributed by atoms with Gasteiger partial charge in [-0.1, -0.05) is 43.0 Å². The molecule has 0 spiro atoms. The van der Waals surface area contributed by atoms with Crippen LogP contribution in [0.3, 0.4) is 0 Å². The van der Waals surface area contributed by atoms with Crippen LogP contribution >= 0.6 is 0 Å². The van der Waals surface area contributed by atoms with E-state index in [1.54, 1.807) is 25.1 Å². The van der Waals surface area contributed by atoms with Crippen molar-refractivity contribution >= 4 is 11.4 Å². The summed E-state index contributed by atoms with van der Waals surface area (Å²) < 4.78 is 7.00. The van der Waals surface area contributed by atoms with E-state index in [0.29, 0.717) is 23.7 Å². The molecule has 126 valence electrons. The van der Waals surface area contributed by atoms with Crippen LogP contribution in [-0.2, 0) is 0 Å². The number of aromatic amines is 1. The van der Waals surface area contributed by atoms with Crippen LogP contribution in [0, 0.1) is 6.92 Å². The van der Waals surface area contributed by atoms with E-state index in [-0.39, 0.29) is 11.2 Å². The molecule has 1 N–H and O–H groups in total. The van der Waals surface area contributed by atoms with E-state index >= 15 is 0 Å². The number of nitrogens with one attached hydrogen (secondary N) is 1. The van der Waals surface area contributed by atoms with Gasteiger partial charge in [-0.05, 0) is 31.2 Å². The van der Waals surface area contributed by atoms with Gasteiger partial charge in [0.2, 0.25) is 0 Å². The molecule has 1 aromatic heterocycles. The Morgan fingerprint density at radius 3 is 2.60 bits per heavy atom. The Bertz CT molecular complexity index is 955. The SMILES string of the molecule is C=CCOc1ccccc1/N=N/c1c(C)[nH]n(-c2ccccc2)c1=O. The smallest absolute Gasteiger partial charge is 0.299 e. The van der Waals surface area contributed by atoms with Crippen LogP contribution in [0.4, 0.5) is 11.4 Å². The second-order valence-corrected chi connectivity index (χ2v) is 5.33. The molecule has 0 saturated heterocycles. The predicted molar refractivity (Wildman–Crippen MR) is 97.4 cm³/mol. The third kappa shape index (κ3) is 3.58. The number of hydrogen-bond acceptors (Lipinski definition) is 4. The van der Waals surface area contributed by atoms with Crippen LogP contribution in [-0.4, -0.2) is 16.4 Å². The summed E-state index contributed by atoms with van der Waals surface area (Å²) in [6, 6.07) is 16.6. The first kappa shape index (κ1) is 16.4. The zero-order valence-electron chi connectivity index (χ0n) is 13.8. The predicted octanol–water partition coefficient (Wildman–Crippen LogP) is 4.45. The standard InChI is InChI=1S/C19H18N4O2/c1-3-13-25-17-12-8-7-11-16(17)20-21-18-14(2)22-23(19(18)24)15-9-5-4-6-10-15/h3-12,22H,1,13H2,2H3/b21-20+. The number of para-hydroxylation sites is 2. The lowest BCUT2D eigenvalue weighted by Crippen LogP contribution is -2.13. The highest BCUT2D eigenvalue weighted by molar-refractivity contribution is 5.52. The molecule has 0 unspecified atom stereocenters. The maximum atomic E-state index is 12.6. The maximum absolute atomic E-state index is 12.6. The highest BCUT2D eigenvalue weighted by atomic mass is 16.5. The highest BCUT2D eigenvalue weighted by Gasteiger charge is 2.12. The Labute approximate surface area is 145 Å². The molecule has 0 aliphatic carbocycles. The Balaban J connectivity index is 1.94. The Kier molecular flexibility index (Phi) is 4.89. The van der Waals surface area contributed by atoms with E-state index in [4.69, 9.17) is 4.74 Å². The van der Waals surface area contributed by atoms with Gasteiger partial charge >= 0.3 is 0 Å². The molecule has 3 rings (SSSR count). The summed E-state index contributed by atoms with van der Waals surface area (Å²) in [5.41, 5.74) is 1.95. The van der Waals surface area contributed by atoms with Crippen molar-refractivity contribution in [2.75, 3.05) is 6.61 Å². The van der Waals surface area contributed by atoms with E-state index in [0.717, 1.165) is 5.69 Å². The van der Waals surface area contributed by atoms with Crippen LogP contribution < -0.4 is 10.3 Å². The van der Waals surface area contributed by atoms with Crippen molar-refractivity contribution in [3.8, 4) is 11.4 Å². The number of aromatic nitrogens is 2. The number of azo groups is 1. The zero-order chi connectivity index (χ0) is 17.6. The first-order valence-corrected chi connectivity index (χ1v) is 7.82. The summed E-state index contributed by atoms with van der Waals surface area (Å²) in [7, 11) is 0. The summed E-state index contributed by atoms with van der Waals surface area (Å²) in [5, 5.41) is 11.4. The Morgan fingerprint density at radius 1 is 1.12 bits per heavy atom. The molecule has 3 aromatic rings. The van der Waals surface area contributed by atoms with Gasteiger partial charge in [-0.3, -0.25) is 9.89 Å². The molecule has 1 heterocycles. The average molecular weight is 334 g/mol. The molecule has 0 aliphatic rings. The third-order valence-corrected chi connectivity index (χ3v) is 3.53. The lowest BCUT2D eigenvalue weighted by Gasteiger charge is -2.04. The largest absolute Gasteiger partial charge is 0.487 e. The summed E-state index contributed by atoms with van der Waals surface area (Å²) in [4.78, 5) is 12.6. The van der Waals surface area contributed by atoms with E-state index in [2.05, 4.69) is 21.9 Å². The van der Waals surface area contributed by atoms with E-state index < -0.39 is 0 Å². The molecule has 0 bridgehead atoms. The minimum atomic E-state index is -0.253. The molecule has 0 aliphatic heterocycles. The lowest BCUT2D eigenvalue weighted by molar-refractivity contribution is 0.364. The first-order valence-electron chi connectivity index (χ1n) is 7.82. The number of rotatable bonds is 6. The van der Waals surface area contributed by atoms with Crippen molar-refractivity contribution in [1.82, 2.24) is 9.78 Å². The van der Waals surface area contributed by atoms with Crippen molar-refractivity contribution in [3.63, 3.8) is 0 Å². The minimum Gasteiger partial charge on any atom is -0.487 e. The van der Waals surface area contributed by atoms with Gasteiger partial charge in [-0.15, -0.1) is 10.2 Å². The average Bonchev–Trinajstić information content (AvgIpc) is 2.93. The number of benzene rings is 2. The molecule has 0 fully saturated rings. The van der Waals surface area contributed by atoms with Crippen LogP contribution in [0.5, 0.6) is 5.75 Å². The fourth-order valence-corrected chi connectivity index (χ4v) is 2.33. The normalized spacial score (nSPS) is 10.9. The molecule has 0 radical (unpaired) electrons. The van der Waals surface area contributed by atoms with E-state index in [1.807, 2.05) is 42.5 Å². The first-order chi connectivity index (χ1) is 12.2. The molecule has 6 nitrogen and oxygen atoms in total. The van der Waals surface area contributed by atoms with Crippen molar-refractivity contribution in [2.45, 2.75) is 6.92 Å². The van der Waals surface area contributed by atoms with Gasteiger partial charge < -0.3 is 4.74 Å². The minimum absolute atomic E-state index is 0.253. The molecule has 0 atom stereocenters. The molecule has 0 amide bonds. The van der Waals surface area contributed by atoms with Gasteiger partial charge in [0, 0.05) is 0 Å². The van der Waals surface area contributed by atoms with Crippen molar-refractivity contribution in [2.24, 2.45) is 10.2 Å². The second kappa shape index (κ2) is 7.44. The van der Waals surface area contributed by atoms with Gasteiger partial charge in [0.05, 0.1) is 11.4 Å². The monoisotopic (exact) mass is 334 g/mol. The summed E-state index contributed by atoms with van der Waals surface area (Å²) in [6.45, 7) is 5.79. The third-order valence-electron chi connectivity index (χ3n) is 3.53. The van der Waals surface area contributed by atoms with Crippen LogP contribution in [0.25, 0.3) is 5.69 Å². The zero-order valence-corrected chi connectivity index (χ0v) is 13.8. The number of ether oxygens (including phenoxy) is 1. The summed E-state index contributed by atoms with van der Waals surface area (Å²) >= 11 is 0. The Morgan fingerprint density at radius 2 is 1.84 bits per heavy atom. The highest BCUT2D eigenvalue weighted by Crippen LogP contribution is 2.28. The van der Waals surface area contributed by atoms with Crippen molar-refractivity contribution in [1.29, 1.82) is 0 Å². The maximum Gasteiger partial charge on any atom is 0.299 e. The second-order valence-electron chi connectivity index (χ2n) is 5.33. The number of hydrogen-bond donors (Lipinski definition) is 1. The van der Waals surface area contributed by atoms with Crippen LogP contribution in [0.15, 0.2) is 82.3 Å². The van der Waals surface area contributed by atoms with Gasteiger partial charge in [0.25, 0.3) is 5.56 Å². The van der Waals surface area contributed by atoms with E-state index in [1.165, 1.54) is 4.68 Å². The van der Waals surface area contributed by atoms with Crippen LogP contribution in [0.2, 0.25) is 0 Å². The van der Waals surface area contributed by atoms with Gasteiger partial charge in [-0.25, -0.2) is 4.68 Å². The molecule has 6 heteroatoms. The van der Waals surface area contributed by atoms with E-state index in [9.17, 15) is 4.79 Å². The van der Waals surface area contributed by atoms with Crippen LogP contribution in [0.1, 0.15) is 5.69 Å². The summed E-state index contributed by atoms with van der Waals surface area (Å²) in [5.74, 6) is 0.586. The summed E-state index contributed by atoms with van der Waals surface area (Å²) in [6.07, 6.45) is 1.66. The molecule has 25 heavy (non-hydrogen) atoms. The van der Waals surface area contributed by atoms with Gasteiger partial charge in [0.15, 0.2) is 5.69 Å².